The molecule has 6 heteroatoms. The molecular weight excluding hydrogens is 300 g/mol. The van der Waals surface area contributed by atoms with E-state index in [-0.39, 0.29) is 22.7 Å². The number of carbonyl (C=O) groups excluding carboxylic acids is 1. The van der Waals surface area contributed by atoms with E-state index in [1.807, 2.05) is 29.8 Å². The molecule has 3 rings (SSSR count). The number of rotatable bonds is 6. The van der Waals surface area contributed by atoms with Crippen molar-refractivity contribution in [1.82, 2.24) is 4.90 Å². The van der Waals surface area contributed by atoms with E-state index < -0.39 is 0 Å². The molecule has 1 amide bonds. The fraction of sp³-hybridized carbons (Fsp3) is 0.312. The van der Waals surface area contributed by atoms with Crippen molar-refractivity contribution in [2.45, 2.75) is 31.8 Å². The number of amides is 1. The molecule has 0 spiro atoms. The highest BCUT2D eigenvalue weighted by Gasteiger charge is 2.32. The SMILES string of the molecule is CC(c1ccc(-c2ccsc2)c([N+](=O)[O-])c1)N(C=O)C1CC1. The predicted molar refractivity (Wildman–Crippen MR) is 85.7 cm³/mol. The molecule has 1 aliphatic carbocycles. The molecule has 1 saturated carbocycles. The number of hydrogen-bond donors (Lipinski definition) is 0. The molecule has 114 valence electrons. The van der Waals surface area contributed by atoms with Crippen molar-refractivity contribution in [1.29, 1.82) is 0 Å². The molecule has 2 aromatic rings. The summed E-state index contributed by atoms with van der Waals surface area (Å²) in [7, 11) is 0. The van der Waals surface area contributed by atoms with Crippen molar-refractivity contribution < 1.29 is 9.72 Å². The summed E-state index contributed by atoms with van der Waals surface area (Å²) in [4.78, 5) is 24.1. The highest BCUT2D eigenvalue weighted by Crippen LogP contribution is 2.37. The van der Waals surface area contributed by atoms with Gasteiger partial charge in [-0.3, -0.25) is 14.9 Å². The van der Waals surface area contributed by atoms with E-state index in [1.165, 1.54) is 11.3 Å². The third-order valence-corrected chi connectivity index (χ3v) is 4.75. The molecular formula is C16H16N2O3S. The number of carbonyl (C=O) groups is 1. The summed E-state index contributed by atoms with van der Waals surface area (Å²) >= 11 is 1.51. The zero-order valence-corrected chi connectivity index (χ0v) is 13.0. The van der Waals surface area contributed by atoms with E-state index in [4.69, 9.17) is 0 Å². The van der Waals surface area contributed by atoms with Crippen LogP contribution >= 0.6 is 11.3 Å². The van der Waals surface area contributed by atoms with Gasteiger partial charge < -0.3 is 4.90 Å². The number of nitrogens with zero attached hydrogens (tertiary/aromatic N) is 2. The molecule has 0 aliphatic heterocycles. The second-order valence-electron chi connectivity index (χ2n) is 5.51. The van der Waals surface area contributed by atoms with Crippen LogP contribution < -0.4 is 0 Å². The van der Waals surface area contributed by atoms with Crippen molar-refractivity contribution in [3.05, 3.63) is 50.7 Å². The molecule has 0 N–H and O–H groups in total. The topological polar surface area (TPSA) is 63.5 Å². The quantitative estimate of drug-likeness (QED) is 0.459. The molecule has 1 aromatic heterocycles. The molecule has 1 unspecified atom stereocenters. The Morgan fingerprint density at radius 3 is 2.73 bits per heavy atom. The summed E-state index contributed by atoms with van der Waals surface area (Å²) in [5.74, 6) is 0. The van der Waals surface area contributed by atoms with Crippen LogP contribution in [0.4, 0.5) is 5.69 Å². The van der Waals surface area contributed by atoms with Crippen LogP contribution in [-0.4, -0.2) is 22.3 Å². The first-order chi connectivity index (χ1) is 10.6. The average molecular weight is 316 g/mol. The first-order valence-electron chi connectivity index (χ1n) is 7.15. The molecule has 5 nitrogen and oxygen atoms in total. The minimum atomic E-state index is -0.356. The number of nitro benzene ring substituents is 1. The van der Waals surface area contributed by atoms with Gasteiger partial charge in [0.25, 0.3) is 5.69 Å². The van der Waals surface area contributed by atoms with Crippen molar-refractivity contribution >= 4 is 23.4 Å². The zero-order valence-electron chi connectivity index (χ0n) is 12.1. The normalized spacial score (nSPS) is 15.3. The third-order valence-electron chi connectivity index (χ3n) is 4.07. The van der Waals surface area contributed by atoms with Crippen molar-refractivity contribution in [3.63, 3.8) is 0 Å². The zero-order chi connectivity index (χ0) is 15.7. The van der Waals surface area contributed by atoms with Crippen LogP contribution in [0.25, 0.3) is 11.1 Å². The minimum absolute atomic E-state index is 0.0874. The highest BCUT2D eigenvalue weighted by molar-refractivity contribution is 7.08. The number of hydrogen-bond acceptors (Lipinski definition) is 4. The predicted octanol–water partition coefficient (Wildman–Crippen LogP) is 4.01. The summed E-state index contributed by atoms with van der Waals surface area (Å²) < 4.78 is 0. The summed E-state index contributed by atoms with van der Waals surface area (Å²) in [5, 5.41) is 15.2. The molecule has 22 heavy (non-hydrogen) atoms. The van der Waals surface area contributed by atoms with Gasteiger partial charge in [0.15, 0.2) is 0 Å². The molecule has 1 fully saturated rings. The van der Waals surface area contributed by atoms with E-state index in [0.717, 1.165) is 30.4 Å². The monoisotopic (exact) mass is 316 g/mol. The lowest BCUT2D eigenvalue weighted by Gasteiger charge is -2.25. The van der Waals surface area contributed by atoms with Crippen LogP contribution in [0.5, 0.6) is 0 Å². The Bertz CT molecular complexity index is 695. The van der Waals surface area contributed by atoms with Gasteiger partial charge in [-0.2, -0.15) is 11.3 Å². The Hall–Kier alpha value is -2.21. The smallest absolute Gasteiger partial charge is 0.277 e. The van der Waals surface area contributed by atoms with E-state index >= 15 is 0 Å². The summed E-state index contributed by atoms with van der Waals surface area (Å²) in [6, 6.07) is 7.25. The Labute approximate surface area is 132 Å². The number of benzene rings is 1. The molecule has 0 saturated heterocycles. The van der Waals surface area contributed by atoms with Crippen molar-refractivity contribution in [2.24, 2.45) is 0 Å². The van der Waals surface area contributed by atoms with Gasteiger partial charge >= 0.3 is 0 Å². The van der Waals surface area contributed by atoms with Crippen molar-refractivity contribution in [3.8, 4) is 11.1 Å². The molecule has 0 bridgehead atoms. The lowest BCUT2D eigenvalue weighted by Crippen LogP contribution is -2.27. The molecule has 1 atom stereocenters. The van der Waals surface area contributed by atoms with Gasteiger partial charge in [0.2, 0.25) is 6.41 Å². The Kier molecular flexibility index (Phi) is 3.94. The average Bonchev–Trinajstić information content (AvgIpc) is 3.20. The Balaban J connectivity index is 1.98. The van der Waals surface area contributed by atoms with Gasteiger partial charge in [-0.25, -0.2) is 0 Å². The molecule has 1 heterocycles. The maximum atomic E-state index is 11.4. The largest absolute Gasteiger partial charge is 0.336 e. The fourth-order valence-electron chi connectivity index (χ4n) is 2.66. The molecule has 1 aliphatic rings. The standard InChI is InChI=1S/C16H16N2O3S/c1-11(17(10-19)14-3-4-14)12-2-5-15(13-6-7-22-9-13)16(8-12)18(20)21/h2,5-11,14H,3-4H2,1H3. The van der Waals surface area contributed by atoms with Gasteiger partial charge in [-0.15, -0.1) is 0 Å². The van der Waals surface area contributed by atoms with Gasteiger partial charge in [-0.1, -0.05) is 6.07 Å². The first kappa shape index (κ1) is 14.7. The number of thiophene rings is 1. The summed E-state index contributed by atoms with van der Waals surface area (Å²) in [5.41, 5.74) is 2.35. The van der Waals surface area contributed by atoms with Crippen LogP contribution in [0.2, 0.25) is 0 Å². The lowest BCUT2D eigenvalue weighted by molar-refractivity contribution is -0.384. The van der Waals surface area contributed by atoms with Gasteiger partial charge in [0.05, 0.1) is 16.5 Å². The fourth-order valence-corrected chi connectivity index (χ4v) is 3.32. The van der Waals surface area contributed by atoms with E-state index in [1.54, 1.807) is 17.0 Å². The lowest BCUT2D eigenvalue weighted by atomic mass is 10.00. The molecule has 0 radical (unpaired) electrons. The first-order valence-corrected chi connectivity index (χ1v) is 8.09. The maximum absolute atomic E-state index is 11.4. The number of nitro groups is 1. The summed E-state index contributed by atoms with van der Waals surface area (Å²) in [6.07, 6.45) is 2.87. The summed E-state index contributed by atoms with van der Waals surface area (Å²) in [6.45, 7) is 1.91. The maximum Gasteiger partial charge on any atom is 0.277 e. The third kappa shape index (κ3) is 2.74. The van der Waals surface area contributed by atoms with Crippen LogP contribution in [0.3, 0.4) is 0 Å². The van der Waals surface area contributed by atoms with Crippen LogP contribution in [-0.2, 0) is 4.79 Å². The minimum Gasteiger partial charge on any atom is -0.336 e. The second kappa shape index (κ2) is 5.88. The van der Waals surface area contributed by atoms with Crippen LogP contribution in [0, 0.1) is 10.1 Å². The Morgan fingerprint density at radius 2 is 2.18 bits per heavy atom. The van der Waals surface area contributed by atoms with Gasteiger partial charge in [0.1, 0.15) is 0 Å². The van der Waals surface area contributed by atoms with Crippen LogP contribution in [0.1, 0.15) is 31.4 Å². The Morgan fingerprint density at radius 1 is 1.41 bits per heavy atom. The van der Waals surface area contributed by atoms with E-state index in [2.05, 4.69) is 0 Å². The van der Waals surface area contributed by atoms with Crippen molar-refractivity contribution in [2.75, 3.05) is 0 Å². The van der Waals surface area contributed by atoms with Gasteiger partial charge in [-0.05, 0) is 53.8 Å². The van der Waals surface area contributed by atoms with Gasteiger partial charge in [0, 0.05) is 12.1 Å². The highest BCUT2D eigenvalue weighted by atomic mass is 32.1. The van der Waals surface area contributed by atoms with E-state index in [9.17, 15) is 14.9 Å². The molecule has 1 aromatic carbocycles. The second-order valence-corrected chi connectivity index (χ2v) is 6.29. The van der Waals surface area contributed by atoms with E-state index in [0.29, 0.717) is 5.56 Å². The van der Waals surface area contributed by atoms with Crippen LogP contribution in [0.15, 0.2) is 35.0 Å².